The van der Waals surface area contributed by atoms with Crippen molar-refractivity contribution in [3.05, 3.63) is 35.1 Å². The van der Waals surface area contributed by atoms with Gasteiger partial charge in [-0.2, -0.15) is 10.1 Å². The summed E-state index contributed by atoms with van der Waals surface area (Å²) >= 11 is 0. The van der Waals surface area contributed by atoms with E-state index >= 15 is 0 Å². The van der Waals surface area contributed by atoms with E-state index in [0.29, 0.717) is 23.0 Å². The Hall–Kier alpha value is -2.97. The number of fused-ring (bicyclic) bond motifs is 1. The topological polar surface area (TPSA) is 85.0 Å². The first kappa shape index (κ1) is 16.5. The third-order valence-corrected chi connectivity index (χ3v) is 5.17. The normalized spacial score (nSPS) is 15.6. The molecule has 0 saturated carbocycles. The summed E-state index contributed by atoms with van der Waals surface area (Å²) in [6.07, 6.45) is 6.86. The maximum Gasteiger partial charge on any atom is 0.265 e. The Labute approximate surface area is 150 Å². The Morgan fingerprint density at radius 1 is 1.23 bits per heavy atom. The van der Waals surface area contributed by atoms with E-state index in [1.54, 1.807) is 35.0 Å². The summed E-state index contributed by atoms with van der Waals surface area (Å²) in [5, 5.41) is 4.71. The second-order valence-corrected chi connectivity index (χ2v) is 6.68. The summed E-state index contributed by atoms with van der Waals surface area (Å²) in [7, 11) is 5.65. The largest absolute Gasteiger partial charge is 0.356 e. The number of rotatable bonds is 3. The number of hydrogen-bond acceptors (Lipinski definition) is 7. The smallest absolute Gasteiger partial charge is 0.265 e. The van der Waals surface area contributed by atoms with E-state index < -0.39 is 0 Å². The zero-order valence-corrected chi connectivity index (χ0v) is 15.2. The van der Waals surface area contributed by atoms with Crippen molar-refractivity contribution in [3.8, 4) is 0 Å². The van der Waals surface area contributed by atoms with Crippen LogP contribution >= 0.6 is 0 Å². The molecule has 0 aliphatic carbocycles. The van der Waals surface area contributed by atoms with Crippen molar-refractivity contribution in [2.24, 2.45) is 14.1 Å². The van der Waals surface area contributed by atoms with E-state index in [1.807, 2.05) is 13.1 Å². The lowest BCUT2D eigenvalue weighted by Crippen LogP contribution is -2.45. The molecule has 3 aromatic rings. The fourth-order valence-electron chi connectivity index (χ4n) is 3.57. The minimum atomic E-state index is -0.0571. The van der Waals surface area contributed by atoms with Gasteiger partial charge in [-0.3, -0.25) is 14.0 Å². The third kappa shape index (κ3) is 2.69. The summed E-state index contributed by atoms with van der Waals surface area (Å²) < 4.78 is 3.27. The highest BCUT2D eigenvalue weighted by Crippen LogP contribution is 2.23. The number of piperidine rings is 1. The molecule has 9 heteroatoms. The van der Waals surface area contributed by atoms with E-state index in [9.17, 15) is 4.79 Å². The summed E-state index contributed by atoms with van der Waals surface area (Å²) in [6, 6.07) is 2.33. The van der Waals surface area contributed by atoms with Crippen LogP contribution in [0.3, 0.4) is 0 Å². The molecule has 0 bridgehead atoms. The van der Waals surface area contributed by atoms with Crippen LogP contribution in [0, 0.1) is 0 Å². The molecule has 1 saturated heterocycles. The predicted octanol–water partition coefficient (Wildman–Crippen LogP) is 0.562. The molecule has 1 fully saturated rings. The number of aromatic nitrogens is 6. The van der Waals surface area contributed by atoms with Crippen molar-refractivity contribution in [2.45, 2.75) is 18.9 Å². The van der Waals surface area contributed by atoms with Gasteiger partial charge in [0.2, 0.25) is 5.95 Å². The van der Waals surface area contributed by atoms with Crippen molar-refractivity contribution in [1.29, 1.82) is 0 Å². The van der Waals surface area contributed by atoms with Gasteiger partial charge in [-0.25, -0.2) is 9.97 Å². The SMILES string of the molecule is CN(c1ccncn1)C1CCN(c2nc3c(cnn3C)c(=O)n2C)CC1. The number of anilines is 2. The molecule has 0 amide bonds. The second kappa shape index (κ2) is 6.40. The van der Waals surface area contributed by atoms with Crippen LogP contribution in [0.15, 0.2) is 29.6 Å². The van der Waals surface area contributed by atoms with E-state index in [4.69, 9.17) is 4.98 Å². The molecule has 0 radical (unpaired) electrons. The first-order chi connectivity index (χ1) is 12.6. The monoisotopic (exact) mass is 354 g/mol. The standard InChI is InChI=1S/C17H22N8O/c1-22(14-4-7-18-11-19-14)12-5-8-25(9-6-12)17-21-15-13(10-20-24(15)3)16(26)23(17)2/h4,7,10-12H,5-6,8-9H2,1-3H3. The molecule has 1 aliphatic heterocycles. The summed E-state index contributed by atoms with van der Waals surface area (Å²) in [5.74, 6) is 1.63. The van der Waals surface area contributed by atoms with Gasteiger partial charge < -0.3 is 9.80 Å². The predicted molar refractivity (Wildman–Crippen MR) is 99.4 cm³/mol. The molecule has 0 spiro atoms. The lowest BCUT2D eigenvalue weighted by molar-refractivity contribution is 0.471. The molecule has 0 N–H and O–H groups in total. The maximum atomic E-state index is 12.6. The van der Waals surface area contributed by atoms with Crippen LogP contribution in [0.1, 0.15) is 12.8 Å². The molecule has 0 aromatic carbocycles. The molecule has 9 nitrogen and oxygen atoms in total. The Morgan fingerprint density at radius 2 is 2.00 bits per heavy atom. The zero-order valence-electron chi connectivity index (χ0n) is 15.2. The summed E-state index contributed by atoms with van der Waals surface area (Å²) in [4.78, 5) is 30.0. The van der Waals surface area contributed by atoms with Crippen LogP contribution in [-0.2, 0) is 14.1 Å². The molecule has 4 rings (SSSR count). The van der Waals surface area contributed by atoms with Crippen molar-refractivity contribution in [3.63, 3.8) is 0 Å². The zero-order chi connectivity index (χ0) is 18.3. The van der Waals surface area contributed by atoms with Gasteiger partial charge in [0.05, 0.1) is 6.20 Å². The number of hydrogen-bond donors (Lipinski definition) is 0. The molecule has 1 aliphatic rings. The average molecular weight is 354 g/mol. The molecule has 136 valence electrons. The van der Waals surface area contributed by atoms with Crippen LogP contribution in [0.4, 0.5) is 11.8 Å². The molecule has 4 heterocycles. The maximum absolute atomic E-state index is 12.6. The highest BCUT2D eigenvalue weighted by molar-refractivity contribution is 5.74. The first-order valence-corrected chi connectivity index (χ1v) is 8.69. The highest BCUT2D eigenvalue weighted by Gasteiger charge is 2.26. The lowest BCUT2D eigenvalue weighted by atomic mass is 10.0. The van der Waals surface area contributed by atoms with Crippen LogP contribution < -0.4 is 15.4 Å². The summed E-state index contributed by atoms with van der Waals surface area (Å²) in [5.41, 5.74) is 0.571. The van der Waals surface area contributed by atoms with E-state index in [-0.39, 0.29) is 5.56 Å². The highest BCUT2D eigenvalue weighted by atomic mass is 16.1. The van der Waals surface area contributed by atoms with Crippen molar-refractivity contribution >= 4 is 22.8 Å². The minimum absolute atomic E-state index is 0.0571. The molecular weight excluding hydrogens is 332 g/mol. The van der Waals surface area contributed by atoms with Gasteiger partial charge in [-0.1, -0.05) is 0 Å². The molecule has 26 heavy (non-hydrogen) atoms. The second-order valence-electron chi connectivity index (χ2n) is 6.68. The van der Waals surface area contributed by atoms with Gasteiger partial charge in [0, 0.05) is 46.5 Å². The van der Waals surface area contributed by atoms with Crippen molar-refractivity contribution in [1.82, 2.24) is 29.3 Å². The van der Waals surface area contributed by atoms with E-state index in [0.717, 1.165) is 31.7 Å². The van der Waals surface area contributed by atoms with Gasteiger partial charge >= 0.3 is 0 Å². The fraction of sp³-hybridized carbons (Fsp3) is 0.471. The van der Waals surface area contributed by atoms with Gasteiger partial charge in [0.25, 0.3) is 5.56 Å². The van der Waals surface area contributed by atoms with Crippen LogP contribution in [0.5, 0.6) is 0 Å². The van der Waals surface area contributed by atoms with Gasteiger partial charge in [-0.15, -0.1) is 0 Å². The van der Waals surface area contributed by atoms with E-state index in [1.165, 1.54) is 0 Å². The Kier molecular flexibility index (Phi) is 4.06. The number of nitrogens with zero attached hydrogens (tertiary/aromatic N) is 8. The van der Waals surface area contributed by atoms with Crippen molar-refractivity contribution in [2.75, 3.05) is 29.9 Å². The average Bonchev–Trinajstić information content (AvgIpc) is 3.06. The Balaban J connectivity index is 1.55. The quantitative estimate of drug-likeness (QED) is 0.679. The van der Waals surface area contributed by atoms with Gasteiger partial charge in [0.15, 0.2) is 5.65 Å². The lowest BCUT2D eigenvalue weighted by Gasteiger charge is -2.38. The van der Waals surface area contributed by atoms with E-state index in [2.05, 4.69) is 31.9 Å². The molecular formula is C17H22N8O. The number of aryl methyl sites for hydroxylation is 1. The van der Waals surface area contributed by atoms with Crippen LogP contribution in [-0.4, -0.2) is 55.5 Å². The molecule has 0 atom stereocenters. The Bertz CT molecular complexity index is 972. The third-order valence-electron chi connectivity index (χ3n) is 5.17. The van der Waals surface area contributed by atoms with Gasteiger partial charge in [0.1, 0.15) is 17.5 Å². The van der Waals surface area contributed by atoms with Gasteiger partial charge in [-0.05, 0) is 18.9 Å². The Morgan fingerprint density at radius 3 is 2.69 bits per heavy atom. The van der Waals surface area contributed by atoms with Crippen LogP contribution in [0.2, 0.25) is 0 Å². The summed E-state index contributed by atoms with van der Waals surface area (Å²) in [6.45, 7) is 1.67. The minimum Gasteiger partial charge on any atom is -0.356 e. The first-order valence-electron chi connectivity index (χ1n) is 8.69. The van der Waals surface area contributed by atoms with Crippen LogP contribution in [0.25, 0.3) is 11.0 Å². The molecule has 3 aromatic heterocycles. The van der Waals surface area contributed by atoms with Crippen molar-refractivity contribution < 1.29 is 0 Å². The fourth-order valence-corrected chi connectivity index (χ4v) is 3.57. The molecule has 0 unspecified atom stereocenters.